The number of hydrogen-bond donors (Lipinski definition) is 1. The third kappa shape index (κ3) is 3.12. The van der Waals surface area contributed by atoms with Crippen molar-refractivity contribution in [3.8, 4) is 0 Å². The van der Waals surface area contributed by atoms with Crippen LogP contribution in [0.25, 0.3) is 0 Å². The van der Waals surface area contributed by atoms with E-state index < -0.39 is 12.1 Å². The number of hydrogen-bond acceptors (Lipinski definition) is 4. The summed E-state index contributed by atoms with van der Waals surface area (Å²) < 4.78 is 0. The predicted octanol–water partition coefficient (Wildman–Crippen LogP) is 1.40. The number of carbonyl (C=O) groups is 2. The zero-order valence-electron chi connectivity index (χ0n) is 11.4. The van der Waals surface area contributed by atoms with Crippen LogP contribution in [0.5, 0.6) is 0 Å². The van der Waals surface area contributed by atoms with Gasteiger partial charge >= 0.3 is 0 Å². The molecule has 2 rings (SSSR count). The van der Waals surface area contributed by atoms with E-state index in [9.17, 15) is 9.59 Å². The molecule has 0 aliphatic carbocycles. The van der Waals surface area contributed by atoms with Gasteiger partial charge in [-0.05, 0) is 19.3 Å². The van der Waals surface area contributed by atoms with Crippen molar-refractivity contribution in [3.05, 3.63) is 16.6 Å². The molecule has 0 radical (unpaired) electrons. The first-order valence-corrected chi connectivity index (χ1v) is 7.35. The van der Waals surface area contributed by atoms with Gasteiger partial charge in [-0.15, -0.1) is 11.3 Å². The van der Waals surface area contributed by atoms with Crippen LogP contribution in [0.4, 0.5) is 0 Å². The van der Waals surface area contributed by atoms with Gasteiger partial charge < -0.3 is 10.2 Å². The molecule has 0 aromatic carbocycles. The standard InChI is InChI=1S/C13H19N3O2S/c1-8(2)4-11-13(18)16(9(3)12(17)15-11)6-10-5-14-7-19-10/h5,7-9,11H,4,6H2,1-3H3,(H,15,17). The zero-order valence-corrected chi connectivity index (χ0v) is 12.2. The second kappa shape index (κ2) is 5.69. The average Bonchev–Trinajstić information content (AvgIpc) is 2.84. The van der Waals surface area contributed by atoms with Crippen molar-refractivity contribution < 1.29 is 9.59 Å². The molecule has 1 aromatic heterocycles. The molecule has 6 heteroatoms. The van der Waals surface area contributed by atoms with Gasteiger partial charge in [0.15, 0.2) is 0 Å². The summed E-state index contributed by atoms with van der Waals surface area (Å²) in [6.07, 6.45) is 2.42. The number of aromatic nitrogens is 1. The van der Waals surface area contributed by atoms with Crippen LogP contribution in [0.15, 0.2) is 11.7 Å². The molecule has 1 aliphatic rings. The quantitative estimate of drug-likeness (QED) is 0.907. The Kier molecular flexibility index (Phi) is 4.19. The molecule has 0 bridgehead atoms. The molecular weight excluding hydrogens is 262 g/mol. The van der Waals surface area contributed by atoms with Crippen molar-refractivity contribution >= 4 is 23.2 Å². The lowest BCUT2D eigenvalue weighted by Gasteiger charge is -2.37. The molecule has 104 valence electrons. The van der Waals surface area contributed by atoms with E-state index in [2.05, 4.69) is 10.3 Å². The number of nitrogens with zero attached hydrogens (tertiary/aromatic N) is 2. The number of nitrogens with one attached hydrogen (secondary N) is 1. The molecular formula is C13H19N3O2S. The summed E-state index contributed by atoms with van der Waals surface area (Å²) >= 11 is 1.50. The maximum absolute atomic E-state index is 12.4. The van der Waals surface area contributed by atoms with E-state index in [0.29, 0.717) is 18.9 Å². The van der Waals surface area contributed by atoms with Crippen LogP contribution in [0.1, 0.15) is 32.1 Å². The fourth-order valence-electron chi connectivity index (χ4n) is 2.22. The van der Waals surface area contributed by atoms with Gasteiger partial charge in [0.05, 0.1) is 12.1 Å². The van der Waals surface area contributed by atoms with Crippen LogP contribution in [0.2, 0.25) is 0 Å². The van der Waals surface area contributed by atoms with Gasteiger partial charge in [0.25, 0.3) is 0 Å². The Labute approximate surface area is 117 Å². The van der Waals surface area contributed by atoms with Gasteiger partial charge in [0, 0.05) is 11.1 Å². The molecule has 5 nitrogen and oxygen atoms in total. The highest BCUT2D eigenvalue weighted by Crippen LogP contribution is 2.19. The van der Waals surface area contributed by atoms with Crippen molar-refractivity contribution in [2.75, 3.05) is 0 Å². The Hall–Kier alpha value is -1.43. The molecule has 19 heavy (non-hydrogen) atoms. The van der Waals surface area contributed by atoms with Crippen LogP contribution >= 0.6 is 11.3 Å². The van der Waals surface area contributed by atoms with Gasteiger partial charge in [0.2, 0.25) is 11.8 Å². The highest BCUT2D eigenvalue weighted by molar-refractivity contribution is 7.09. The Bertz CT molecular complexity index is 458. The van der Waals surface area contributed by atoms with Crippen molar-refractivity contribution in [1.29, 1.82) is 0 Å². The SMILES string of the molecule is CC(C)CC1NC(=O)C(C)N(Cc2cncs2)C1=O. The van der Waals surface area contributed by atoms with E-state index in [0.717, 1.165) is 4.88 Å². The van der Waals surface area contributed by atoms with Crippen molar-refractivity contribution in [2.24, 2.45) is 5.92 Å². The largest absolute Gasteiger partial charge is 0.343 e. The van der Waals surface area contributed by atoms with E-state index >= 15 is 0 Å². The molecule has 0 spiro atoms. The number of rotatable bonds is 4. The molecule has 2 unspecified atom stereocenters. The number of piperazine rings is 1. The first-order chi connectivity index (χ1) is 8.99. The number of carbonyl (C=O) groups excluding carboxylic acids is 2. The van der Waals surface area contributed by atoms with Gasteiger partial charge in [-0.25, -0.2) is 0 Å². The van der Waals surface area contributed by atoms with E-state index in [1.165, 1.54) is 11.3 Å². The lowest BCUT2D eigenvalue weighted by Crippen LogP contribution is -2.62. The predicted molar refractivity (Wildman–Crippen MR) is 73.5 cm³/mol. The maximum atomic E-state index is 12.4. The topological polar surface area (TPSA) is 62.3 Å². The van der Waals surface area contributed by atoms with Crippen molar-refractivity contribution in [2.45, 2.75) is 45.8 Å². The molecule has 1 fully saturated rings. The second-order valence-corrected chi connectivity index (χ2v) is 6.27. The fraction of sp³-hybridized carbons (Fsp3) is 0.615. The second-order valence-electron chi connectivity index (χ2n) is 5.30. The van der Waals surface area contributed by atoms with Gasteiger partial charge in [-0.3, -0.25) is 14.6 Å². The lowest BCUT2D eigenvalue weighted by atomic mass is 9.99. The number of thiazole rings is 1. The first-order valence-electron chi connectivity index (χ1n) is 6.47. The summed E-state index contributed by atoms with van der Waals surface area (Å²) in [5, 5.41) is 2.81. The minimum Gasteiger partial charge on any atom is -0.343 e. The minimum absolute atomic E-state index is 0.00852. The van der Waals surface area contributed by atoms with Crippen LogP contribution in [-0.4, -0.2) is 33.8 Å². The van der Waals surface area contributed by atoms with E-state index in [1.54, 1.807) is 23.5 Å². The van der Waals surface area contributed by atoms with Gasteiger partial charge in [-0.2, -0.15) is 0 Å². The Morgan fingerprint density at radius 2 is 2.21 bits per heavy atom. The number of amides is 2. The van der Waals surface area contributed by atoms with E-state index in [1.807, 2.05) is 13.8 Å². The van der Waals surface area contributed by atoms with E-state index in [4.69, 9.17) is 0 Å². The Morgan fingerprint density at radius 1 is 1.47 bits per heavy atom. The maximum Gasteiger partial charge on any atom is 0.246 e. The summed E-state index contributed by atoms with van der Waals surface area (Å²) in [6, 6.07) is -0.811. The minimum atomic E-state index is -0.419. The molecule has 1 saturated heterocycles. The molecule has 2 atom stereocenters. The van der Waals surface area contributed by atoms with Crippen molar-refractivity contribution in [3.63, 3.8) is 0 Å². The third-order valence-electron chi connectivity index (χ3n) is 3.26. The van der Waals surface area contributed by atoms with Crippen molar-refractivity contribution in [1.82, 2.24) is 15.2 Å². The van der Waals surface area contributed by atoms with Crippen LogP contribution in [0.3, 0.4) is 0 Å². The fourth-order valence-corrected chi connectivity index (χ4v) is 2.81. The smallest absolute Gasteiger partial charge is 0.246 e. The van der Waals surface area contributed by atoms with Crippen LogP contribution in [-0.2, 0) is 16.1 Å². The summed E-state index contributed by atoms with van der Waals surface area (Å²) in [4.78, 5) is 31.0. The molecule has 2 amide bonds. The normalized spacial score (nSPS) is 23.9. The molecule has 1 N–H and O–H groups in total. The zero-order chi connectivity index (χ0) is 14.0. The lowest BCUT2D eigenvalue weighted by molar-refractivity contribution is -0.149. The molecule has 1 aliphatic heterocycles. The molecule has 0 saturated carbocycles. The summed E-state index contributed by atoms with van der Waals surface area (Å²) in [5.74, 6) is 0.303. The van der Waals surface area contributed by atoms with Crippen LogP contribution < -0.4 is 5.32 Å². The highest BCUT2D eigenvalue weighted by Gasteiger charge is 2.38. The highest BCUT2D eigenvalue weighted by atomic mass is 32.1. The Morgan fingerprint density at radius 3 is 2.79 bits per heavy atom. The summed E-state index contributed by atoms with van der Waals surface area (Å²) in [7, 11) is 0. The van der Waals surface area contributed by atoms with Crippen LogP contribution in [0, 0.1) is 5.92 Å². The van der Waals surface area contributed by atoms with Gasteiger partial charge in [-0.1, -0.05) is 13.8 Å². The molecule has 1 aromatic rings. The average molecular weight is 281 g/mol. The molecule has 2 heterocycles. The van der Waals surface area contributed by atoms with Gasteiger partial charge in [0.1, 0.15) is 12.1 Å². The third-order valence-corrected chi connectivity index (χ3v) is 4.03. The van der Waals surface area contributed by atoms with E-state index in [-0.39, 0.29) is 11.8 Å². The summed E-state index contributed by atoms with van der Waals surface area (Å²) in [5.41, 5.74) is 1.74. The first kappa shape index (κ1) is 14.0. The summed E-state index contributed by atoms with van der Waals surface area (Å²) in [6.45, 7) is 6.32. The Balaban J connectivity index is 2.14. The monoisotopic (exact) mass is 281 g/mol.